The molecule has 2 aliphatic rings. The van der Waals surface area contributed by atoms with Crippen molar-refractivity contribution in [3.63, 3.8) is 0 Å². The molecule has 0 unspecified atom stereocenters. The Balaban J connectivity index is 1.75. The topological polar surface area (TPSA) is 56.4 Å². The number of halogens is 1. The lowest BCUT2D eigenvalue weighted by Crippen LogP contribution is -2.41. The standard InChI is InChI=1S/C24H30FN3O2/c1-14(2)17-11-18(16-9-6-10-28(13-16)23(29)15-7-5-8-15)21(25)22-19(17)12-20(26-22)24(30)27(3)4/h9,11-12,14-15,26H,5-8,10,13H2,1-4H3. The molecule has 2 heterocycles. The van der Waals surface area contributed by atoms with Crippen LogP contribution in [0.25, 0.3) is 16.5 Å². The summed E-state index contributed by atoms with van der Waals surface area (Å²) in [5.41, 5.74) is 3.13. The number of benzene rings is 1. The van der Waals surface area contributed by atoms with E-state index in [0.717, 1.165) is 42.2 Å². The molecule has 2 aromatic rings. The second kappa shape index (κ2) is 7.89. The molecule has 0 atom stereocenters. The Morgan fingerprint density at radius 2 is 1.97 bits per heavy atom. The van der Waals surface area contributed by atoms with Crippen molar-refractivity contribution in [1.82, 2.24) is 14.8 Å². The number of fused-ring (bicyclic) bond motifs is 1. The number of nitrogens with one attached hydrogen (secondary N) is 1. The molecule has 0 saturated heterocycles. The summed E-state index contributed by atoms with van der Waals surface area (Å²) in [5.74, 6) is -0.0173. The van der Waals surface area contributed by atoms with Crippen LogP contribution < -0.4 is 0 Å². The van der Waals surface area contributed by atoms with Gasteiger partial charge in [-0.3, -0.25) is 9.59 Å². The molecule has 0 bridgehead atoms. The first kappa shape index (κ1) is 20.6. The van der Waals surface area contributed by atoms with Crippen molar-refractivity contribution in [1.29, 1.82) is 0 Å². The van der Waals surface area contributed by atoms with Crippen LogP contribution in [0.4, 0.5) is 4.39 Å². The summed E-state index contributed by atoms with van der Waals surface area (Å²) in [5, 5.41) is 0.746. The highest BCUT2D eigenvalue weighted by Crippen LogP contribution is 2.36. The third kappa shape index (κ3) is 3.53. The maximum atomic E-state index is 15.6. The normalized spacial score (nSPS) is 17.3. The molecule has 30 heavy (non-hydrogen) atoms. The molecule has 2 amide bonds. The van der Waals surface area contributed by atoms with Crippen LogP contribution in [-0.2, 0) is 4.79 Å². The second-order valence-electron chi connectivity index (χ2n) is 9.06. The zero-order valence-corrected chi connectivity index (χ0v) is 18.2. The van der Waals surface area contributed by atoms with Gasteiger partial charge in [0.2, 0.25) is 5.91 Å². The molecular weight excluding hydrogens is 381 g/mol. The van der Waals surface area contributed by atoms with Crippen molar-refractivity contribution in [2.24, 2.45) is 5.92 Å². The molecule has 0 radical (unpaired) electrons. The summed E-state index contributed by atoms with van der Waals surface area (Å²) in [6.07, 6.45) is 5.84. The number of rotatable bonds is 4. The van der Waals surface area contributed by atoms with E-state index in [0.29, 0.717) is 29.9 Å². The predicted octanol–water partition coefficient (Wildman–Crippen LogP) is 4.55. The van der Waals surface area contributed by atoms with Gasteiger partial charge in [-0.2, -0.15) is 0 Å². The maximum absolute atomic E-state index is 15.6. The van der Waals surface area contributed by atoms with Crippen LogP contribution in [0.3, 0.4) is 0 Å². The van der Waals surface area contributed by atoms with Gasteiger partial charge in [-0.25, -0.2) is 4.39 Å². The average Bonchev–Trinajstić information content (AvgIpc) is 3.11. The summed E-state index contributed by atoms with van der Waals surface area (Å²) >= 11 is 0. The van der Waals surface area contributed by atoms with Gasteiger partial charge in [-0.05, 0) is 48.4 Å². The van der Waals surface area contributed by atoms with Crippen molar-refractivity contribution in [2.75, 3.05) is 27.2 Å². The van der Waals surface area contributed by atoms with Crippen LogP contribution in [-0.4, -0.2) is 53.8 Å². The molecular formula is C24H30FN3O2. The van der Waals surface area contributed by atoms with Gasteiger partial charge in [0.05, 0.1) is 5.52 Å². The number of amides is 2. The van der Waals surface area contributed by atoms with E-state index >= 15 is 4.39 Å². The van der Waals surface area contributed by atoms with Gasteiger partial charge in [-0.15, -0.1) is 0 Å². The summed E-state index contributed by atoms with van der Waals surface area (Å²) in [7, 11) is 3.36. The number of hydrogen-bond donors (Lipinski definition) is 1. The molecule has 1 N–H and O–H groups in total. The molecule has 1 aliphatic carbocycles. The van der Waals surface area contributed by atoms with Gasteiger partial charge in [0, 0.05) is 44.1 Å². The number of hydrogen-bond acceptors (Lipinski definition) is 2. The minimum atomic E-state index is -0.351. The largest absolute Gasteiger partial charge is 0.348 e. The maximum Gasteiger partial charge on any atom is 0.269 e. The van der Waals surface area contributed by atoms with Gasteiger partial charge in [0.15, 0.2) is 5.82 Å². The Bertz CT molecular complexity index is 1030. The van der Waals surface area contributed by atoms with Crippen LogP contribution in [0.1, 0.15) is 67.1 Å². The molecule has 160 valence electrons. The zero-order valence-electron chi connectivity index (χ0n) is 18.2. The minimum Gasteiger partial charge on any atom is -0.348 e. The Morgan fingerprint density at radius 1 is 1.23 bits per heavy atom. The fraction of sp³-hybridized carbons (Fsp3) is 0.500. The Kier molecular flexibility index (Phi) is 5.43. The second-order valence-corrected chi connectivity index (χ2v) is 9.06. The smallest absolute Gasteiger partial charge is 0.269 e. The number of carbonyl (C=O) groups is 2. The Hall–Kier alpha value is -2.63. The van der Waals surface area contributed by atoms with Crippen molar-refractivity contribution in [3.05, 3.63) is 40.8 Å². The van der Waals surface area contributed by atoms with E-state index in [1.807, 2.05) is 17.0 Å². The summed E-state index contributed by atoms with van der Waals surface area (Å²) in [6.45, 7) is 5.28. The highest BCUT2D eigenvalue weighted by molar-refractivity contribution is 6.00. The van der Waals surface area contributed by atoms with Gasteiger partial charge in [0.25, 0.3) is 5.91 Å². The Labute approximate surface area is 176 Å². The molecule has 0 spiro atoms. The highest BCUT2D eigenvalue weighted by atomic mass is 19.1. The molecule has 5 nitrogen and oxygen atoms in total. The third-order valence-corrected chi connectivity index (χ3v) is 6.41. The van der Waals surface area contributed by atoms with Crippen LogP contribution in [0.2, 0.25) is 0 Å². The average molecular weight is 412 g/mol. The van der Waals surface area contributed by atoms with Crippen molar-refractivity contribution < 1.29 is 14.0 Å². The quantitative estimate of drug-likeness (QED) is 0.803. The SMILES string of the molecule is CC(C)c1cc(C2=CCCN(C(=O)C3CCC3)C2)c(F)c2[nH]c(C(=O)N(C)C)cc12. The van der Waals surface area contributed by atoms with E-state index in [9.17, 15) is 9.59 Å². The summed E-state index contributed by atoms with van der Waals surface area (Å²) in [6, 6.07) is 3.66. The first-order valence-electron chi connectivity index (χ1n) is 10.8. The fourth-order valence-electron chi connectivity index (χ4n) is 4.39. The van der Waals surface area contributed by atoms with E-state index in [2.05, 4.69) is 18.8 Å². The third-order valence-electron chi connectivity index (χ3n) is 6.41. The van der Waals surface area contributed by atoms with Gasteiger partial charge >= 0.3 is 0 Å². The fourth-order valence-corrected chi connectivity index (χ4v) is 4.39. The lowest BCUT2D eigenvalue weighted by atomic mass is 9.83. The Morgan fingerprint density at radius 3 is 2.57 bits per heavy atom. The molecule has 1 aromatic heterocycles. The van der Waals surface area contributed by atoms with Crippen molar-refractivity contribution in [2.45, 2.75) is 45.4 Å². The van der Waals surface area contributed by atoms with Gasteiger partial charge < -0.3 is 14.8 Å². The lowest BCUT2D eigenvalue weighted by Gasteiger charge is -2.34. The number of aromatic nitrogens is 1. The van der Waals surface area contributed by atoms with Crippen LogP contribution in [0.15, 0.2) is 18.2 Å². The number of carbonyl (C=O) groups excluding carboxylic acids is 2. The van der Waals surface area contributed by atoms with Gasteiger partial charge in [-0.1, -0.05) is 26.3 Å². The van der Waals surface area contributed by atoms with Crippen molar-refractivity contribution in [3.8, 4) is 0 Å². The van der Waals surface area contributed by atoms with Crippen molar-refractivity contribution >= 4 is 28.3 Å². The molecule has 6 heteroatoms. The predicted molar refractivity (Wildman–Crippen MR) is 117 cm³/mol. The van der Waals surface area contributed by atoms with E-state index < -0.39 is 0 Å². The highest BCUT2D eigenvalue weighted by Gasteiger charge is 2.31. The van der Waals surface area contributed by atoms with E-state index in [1.165, 1.54) is 4.90 Å². The van der Waals surface area contributed by atoms with Crippen LogP contribution in [0, 0.1) is 11.7 Å². The molecule has 1 aromatic carbocycles. The van der Waals surface area contributed by atoms with Crippen LogP contribution >= 0.6 is 0 Å². The number of aromatic amines is 1. The first-order chi connectivity index (χ1) is 14.3. The zero-order chi connectivity index (χ0) is 21.6. The summed E-state index contributed by atoms with van der Waals surface area (Å²) < 4.78 is 15.6. The van der Waals surface area contributed by atoms with E-state index in [-0.39, 0.29) is 29.5 Å². The van der Waals surface area contributed by atoms with Crippen LogP contribution in [0.5, 0.6) is 0 Å². The van der Waals surface area contributed by atoms with Gasteiger partial charge in [0.1, 0.15) is 5.69 Å². The number of H-pyrrole nitrogens is 1. The molecule has 1 aliphatic heterocycles. The first-order valence-corrected chi connectivity index (χ1v) is 10.8. The molecule has 1 saturated carbocycles. The summed E-state index contributed by atoms with van der Waals surface area (Å²) in [4.78, 5) is 31.5. The lowest BCUT2D eigenvalue weighted by molar-refractivity contribution is -0.137. The van der Waals surface area contributed by atoms with E-state index in [1.54, 1.807) is 20.2 Å². The molecule has 4 rings (SSSR count). The minimum absolute atomic E-state index is 0.144. The molecule has 1 fully saturated rings. The number of nitrogens with zero attached hydrogens (tertiary/aromatic N) is 2. The monoisotopic (exact) mass is 411 g/mol. The van der Waals surface area contributed by atoms with E-state index in [4.69, 9.17) is 0 Å².